The summed E-state index contributed by atoms with van der Waals surface area (Å²) in [5.74, 6) is 2.18. The maximum atomic E-state index is 13.2. The van der Waals surface area contributed by atoms with Gasteiger partial charge in [0.05, 0.1) is 27.9 Å². The molecule has 2 amide bonds. The Balaban J connectivity index is 0.000000162. The van der Waals surface area contributed by atoms with Gasteiger partial charge in [0.15, 0.2) is 5.82 Å². The summed E-state index contributed by atoms with van der Waals surface area (Å²) in [6, 6.07) is 13.5. The molecule has 0 saturated heterocycles. The highest BCUT2D eigenvalue weighted by Crippen LogP contribution is 2.47. The molecule has 0 saturated carbocycles. The molecule has 0 unspecified atom stereocenters. The summed E-state index contributed by atoms with van der Waals surface area (Å²) in [6.07, 6.45) is 11.9. The van der Waals surface area contributed by atoms with Crippen molar-refractivity contribution < 1.29 is 9.59 Å². The van der Waals surface area contributed by atoms with Gasteiger partial charge in [-0.05, 0) is 88.9 Å². The first-order valence-electron chi connectivity index (χ1n) is 16.6. The average Bonchev–Trinajstić information content (AvgIpc) is 3.45. The monoisotopic (exact) mass is 710 g/mol. The van der Waals surface area contributed by atoms with Gasteiger partial charge in [0.2, 0.25) is 17.8 Å². The standard InChI is InChI=1S/C20H19N5O.C19H16ClN5O/c1-12-18(22-8-7-21-12)25-17-9-14(15-10-23-13(2)24-11-15)5-6-16(17)20(3,4)19(25)26;1-11-22-9-13(10-23-11)12-4-5-14-15(8-12)25(17(26)19(14,2)3)18-21-7-6-16(20)24-18/h5-11H,1-4H3;4-10H,1-3H3. The Bertz CT molecular complexity index is 2360. The molecule has 6 heterocycles. The van der Waals surface area contributed by atoms with E-state index in [0.717, 1.165) is 50.6 Å². The molecule has 0 radical (unpaired) electrons. The van der Waals surface area contributed by atoms with Gasteiger partial charge in [0.25, 0.3) is 0 Å². The van der Waals surface area contributed by atoms with Crippen molar-refractivity contribution in [1.82, 2.24) is 39.9 Å². The van der Waals surface area contributed by atoms with Crippen LogP contribution >= 0.6 is 11.6 Å². The lowest BCUT2D eigenvalue weighted by molar-refractivity contribution is -0.122. The van der Waals surface area contributed by atoms with Crippen molar-refractivity contribution in [2.75, 3.05) is 9.80 Å². The number of halogens is 1. The van der Waals surface area contributed by atoms with E-state index in [-0.39, 0.29) is 22.9 Å². The van der Waals surface area contributed by atoms with Crippen LogP contribution in [-0.4, -0.2) is 51.7 Å². The first-order chi connectivity index (χ1) is 24.8. The van der Waals surface area contributed by atoms with E-state index in [4.69, 9.17) is 11.6 Å². The molecule has 8 rings (SSSR count). The van der Waals surface area contributed by atoms with E-state index in [1.54, 1.807) is 54.3 Å². The Morgan fingerprint density at radius 2 is 1.04 bits per heavy atom. The second-order valence-corrected chi connectivity index (χ2v) is 14.1. The van der Waals surface area contributed by atoms with Gasteiger partial charge in [-0.25, -0.2) is 39.8 Å². The van der Waals surface area contributed by atoms with Crippen LogP contribution in [0, 0.1) is 20.8 Å². The van der Waals surface area contributed by atoms with Crippen LogP contribution < -0.4 is 9.80 Å². The summed E-state index contributed by atoms with van der Waals surface area (Å²) in [5.41, 5.74) is 6.56. The molecule has 6 aromatic rings. The lowest BCUT2D eigenvalue weighted by atomic mass is 9.85. The van der Waals surface area contributed by atoms with E-state index in [0.29, 0.717) is 17.3 Å². The normalized spacial score (nSPS) is 15.2. The fourth-order valence-electron chi connectivity index (χ4n) is 6.40. The molecule has 0 aliphatic carbocycles. The molecule has 0 atom stereocenters. The SMILES string of the molecule is Cc1ncc(-c2ccc3c(c2)N(c2nccc(Cl)n2)C(=O)C3(C)C)cn1.Cc1ncc(-c2ccc3c(c2)N(c2nccnc2C)C(=O)C3(C)C)cn1. The minimum absolute atomic E-state index is 0.00611. The fraction of sp³-hybridized carbons (Fsp3) is 0.231. The molecule has 0 N–H and O–H groups in total. The molecular weight excluding hydrogens is 676 g/mol. The van der Waals surface area contributed by atoms with Crippen molar-refractivity contribution in [2.24, 2.45) is 0 Å². The molecule has 0 fully saturated rings. The Kier molecular flexibility index (Phi) is 8.58. The van der Waals surface area contributed by atoms with Gasteiger partial charge in [0, 0.05) is 54.5 Å². The highest BCUT2D eigenvalue weighted by Gasteiger charge is 2.47. The first kappa shape index (κ1) is 34.4. The Hall–Kier alpha value is -6.01. The average molecular weight is 711 g/mol. The number of carbonyl (C=O) groups excluding carboxylic acids is 2. The Morgan fingerprint density at radius 1 is 0.558 bits per heavy atom. The maximum absolute atomic E-state index is 13.2. The van der Waals surface area contributed by atoms with E-state index in [1.807, 2.05) is 84.9 Å². The van der Waals surface area contributed by atoms with E-state index >= 15 is 0 Å². The van der Waals surface area contributed by atoms with Crippen molar-refractivity contribution in [3.8, 4) is 22.3 Å². The second kappa shape index (κ2) is 13.0. The van der Waals surface area contributed by atoms with Crippen LogP contribution in [0.3, 0.4) is 0 Å². The summed E-state index contributed by atoms with van der Waals surface area (Å²) in [7, 11) is 0. The molecule has 2 aromatic carbocycles. The van der Waals surface area contributed by atoms with Crippen molar-refractivity contribution in [1.29, 1.82) is 0 Å². The van der Waals surface area contributed by atoms with Gasteiger partial charge in [0.1, 0.15) is 16.8 Å². The number of rotatable bonds is 4. The molecule has 260 valence electrons. The molecule has 0 spiro atoms. The molecule has 2 aliphatic heterocycles. The van der Waals surface area contributed by atoms with Crippen LogP contribution in [-0.2, 0) is 20.4 Å². The summed E-state index contributed by atoms with van der Waals surface area (Å²) in [5, 5.41) is 0.289. The molecule has 2 aliphatic rings. The number of hydrogen-bond acceptors (Lipinski definition) is 10. The number of aryl methyl sites for hydroxylation is 3. The number of benzene rings is 2. The van der Waals surface area contributed by atoms with E-state index in [9.17, 15) is 9.59 Å². The first-order valence-corrected chi connectivity index (χ1v) is 17.0. The zero-order chi connectivity index (χ0) is 36.9. The number of hydrogen-bond donors (Lipinski definition) is 0. The highest BCUT2D eigenvalue weighted by molar-refractivity contribution is 6.29. The van der Waals surface area contributed by atoms with Gasteiger partial charge in [-0.3, -0.25) is 19.5 Å². The van der Waals surface area contributed by atoms with E-state index in [2.05, 4.69) is 39.9 Å². The van der Waals surface area contributed by atoms with Crippen LogP contribution in [0.2, 0.25) is 5.15 Å². The molecule has 13 heteroatoms. The molecule has 0 bridgehead atoms. The summed E-state index contributed by atoms with van der Waals surface area (Å²) < 4.78 is 0. The lowest BCUT2D eigenvalue weighted by Crippen LogP contribution is -2.34. The van der Waals surface area contributed by atoms with Gasteiger partial charge >= 0.3 is 0 Å². The van der Waals surface area contributed by atoms with Crippen LogP contribution in [0.25, 0.3) is 22.3 Å². The number of carbonyl (C=O) groups is 2. The van der Waals surface area contributed by atoms with Crippen LogP contribution in [0.15, 0.2) is 85.8 Å². The van der Waals surface area contributed by atoms with Gasteiger partial charge in [-0.1, -0.05) is 35.9 Å². The zero-order valence-corrected chi connectivity index (χ0v) is 30.5. The smallest absolute Gasteiger partial charge is 0.244 e. The minimum Gasteiger partial charge on any atom is -0.273 e. The topological polar surface area (TPSA) is 144 Å². The van der Waals surface area contributed by atoms with Gasteiger partial charge in [-0.2, -0.15) is 0 Å². The predicted molar refractivity (Wildman–Crippen MR) is 199 cm³/mol. The number of aromatic nitrogens is 8. The molecular formula is C39H35ClN10O2. The quantitative estimate of drug-likeness (QED) is 0.170. The number of fused-ring (bicyclic) bond motifs is 2. The highest BCUT2D eigenvalue weighted by atomic mass is 35.5. The second-order valence-electron chi connectivity index (χ2n) is 13.7. The minimum atomic E-state index is -0.677. The summed E-state index contributed by atoms with van der Waals surface area (Å²) in [4.78, 5) is 63.6. The largest absolute Gasteiger partial charge is 0.273 e. The third-order valence-electron chi connectivity index (χ3n) is 9.40. The molecule has 12 nitrogen and oxygen atoms in total. The number of nitrogens with zero attached hydrogens (tertiary/aromatic N) is 10. The molecule has 52 heavy (non-hydrogen) atoms. The maximum Gasteiger partial charge on any atom is 0.244 e. The van der Waals surface area contributed by atoms with Crippen molar-refractivity contribution in [2.45, 2.75) is 59.3 Å². The molecule has 4 aromatic heterocycles. The van der Waals surface area contributed by atoms with E-state index < -0.39 is 10.8 Å². The third kappa shape index (κ3) is 5.94. The van der Waals surface area contributed by atoms with Gasteiger partial charge in [-0.15, -0.1) is 0 Å². The van der Waals surface area contributed by atoms with Crippen LogP contribution in [0.4, 0.5) is 23.1 Å². The third-order valence-corrected chi connectivity index (χ3v) is 9.61. The van der Waals surface area contributed by atoms with Crippen LogP contribution in [0.1, 0.15) is 56.2 Å². The van der Waals surface area contributed by atoms with Crippen molar-refractivity contribution in [3.05, 3.63) is 119 Å². The zero-order valence-electron chi connectivity index (χ0n) is 29.7. The van der Waals surface area contributed by atoms with Crippen molar-refractivity contribution in [3.63, 3.8) is 0 Å². The Morgan fingerprint density at radius 3 is 1.54 bits per heavy atom. The van der Waals surface area contributed by atoms with Gasteiger partial charge < -0.3 is 0 Å². The summed E-state index contributed by atoms with van der Waals surface area (Å²) in [6.45, 7) is 13.2. The van der Waals surface area contributed by atoms with E-state index in [1.165, 1.54) is 4.90 Å². The predicted octanol–water partition coefficient (Wildman–Crippen LogP) is 7.36. The summed E-state index contributed by atoms with van der Waals surface area (Å²) >= 11 is 6.01. The van der Waals surface area contributed by atoms with Crippen molar-refractivity contribution >= 4 is 46.6 Å². The number of amides is 2. The lowest BCUT2D eigenvalue weighted by Gasteiger charge is -2.20. The number of anilines is 4. The Labute approximate surface area is 306 Å². The van der Waals surface area contributed by atoms with Crippen LogP contribution in [0.5, 0.6) is 0 Å². The fourth-order valence-corrected chi connectivity index (χ4v) is 6.54.